The van der Waals surface area contributed by atoms with Crippen molar-refractivity contribution in [3.05, 3.63) is 46.5 Å². The minimum atomic E-state index is -0.000151. The Morgan fingerprint density at radius 1 is 1.41 bits per heavy atom. The Bertz CT molecular complexity index is 700. The van der Waals surface area contributed by atoms with Crippen molar-refractivity contribution in [1.29, 1.82) is 0 Å². The highest BCUT2D eigenvalue weighted by Crippen LogP contribution is 2.32. The van der Waals surface area contributed by atoms with Gasteiger partial charge in [0.2, 0.25) is 0 Å². The molecule has 2 atom stereocenters. The summed E-state index contributed by atoms with van der Waals surface area (Å²) in [5.74, 6) is 1.20. The van der Waals surface area contributed by atoms with E-state index in [2.05, 4.69) is 35.6 Å². The topological polar surface area (TPSA) is 37.6 Å². The first-order chi connectivity index (χ1) is 10.7. The molecule has 5 heteroatoms. The summed E-state index contributed by atoms with van der Waals surface area (Å²) in [5.41, 5.74) is 1.59. The molecule has 0 N–H and O–H groups in total. The Kier molecular flexibility index (Phi) is 4.84. The SMILES string of the molecule is CCS[C@H]1CC[C@H](N(C)Cc2cc(=O)n3ccccc3n2)C1. The van der Waals surface area contributed by atoms with Gasteiger partial charge < -0.3 is 0 Å². The Balaban J connectivity index is 1.72. The molecule has 22 heavy (non-hydrogen) atoms. The van der Waals surface area contributed by atoms with Crippen molar-refractivity contribution in [2.45, 2.75) is 44.0 Å². The zero-order valence-corrected chi connectivity index (χ0v) is 14.1. The Morgan fingerprint density at radius 2 is 2.27 bits per heavy atom. The predicted molar refractivity (Wildman–Crippen MR) is 92.5 cm³/mol. The quantitative estimate of drug-likeness (QED) is 0.850. The lowest BCUT2D eigenvalue weighted by Gasteiger charge is -2.24. The summed E-state index contributed by atoms with van der Waals surface area (Å²) < 4.78 is 1.59. The van der Waals surface area contributed by atoms with Gasteiger partial charge in [-0.25, -0.2) is 4.98 Å². The van der Waals surface area contributed by atoms with E-state index in [1.807, 2.05) is 18.2 Å². The molecule has 3 rings (SSSR count). The van der Waals surface area contributed by atoms with Crippen molar-refractivity contribution in [3.8, 4) is 0 Å². The third kappa shape index (κ3) is 3.36. The van der Waals surface area contributed by atoms with Crippen LogP contribution in [0.2, 0.25) is 0 Å². The van der Waals surface area contributed by atoms with Gasteiger partial charge in [0, 0.05) is 30.1 Å². The fourth-order valence-corrected chi connectivity index (χ4v) is 4.41. The first kappa shape index (κ1) is 15.6. The highest BCUT2D eigenvalue weighted by molar-refractivity contribution is 7.99. The lowest BCUT2D eigenvalue weighted by molar-refractivity contribution is 0.235. The maximum Gasteiger partial charge on any atom is 0.258 e. The molecule has 0 spiro atoms. The van der Waals surface area contributed by atoms with Crippen LogP contribution in [-0.2, 0) is 6.54 Å². The molecule has 0 radical (unpaired) electrons. The lowest BCUT2D eigenvalue weighted by atomic mass is 10.2. The number of thioether (sulfide) groups is 1. The van der Waals surface area contributed by atoms with Crippen LogP contribution in [0, 0.1) is 0 Å². The van der Waals surface area contributed by atoms with Crippen LogP contribution >= 0.6 is 11.8 Å². The van der Waals surface area contributed by atoms with E-state index in [4.69, 9.17) is 0 Å². The van der Waals surface area contributed by atoms with Gasteiger partial charge in [-0.05, 0) is 44.2 Å². The van der Waals surface area contributed by atoms with Crippen molar-refractivity contribution in [2.75, 3.05) is 12.8 Å². The van der Waals surface area contributed by atoms with Gasteiger partial charge in [0.25, 0.3) is 5.56 Å². The fraction of sp³-hybridized carbons (Fsp3) is 0.529. The van der Waals surface area contributed by atoms with Gasteiger partial charge in [-0.15, -0.1) is 0 Å². The summed E-state index contributed by atoms with van der Waals surface area (Å²) in [4.78, 5) is 19.1. The highest BCUT2D eigenvalue weighted by atomic mass is 32.2. The summed E-state index contributed by atoms with van der Waals surface area (Å²) in [6, 6.07) is 7.93. The van der Waals surface area contributed by atoms with Gasteiger partial charge in [-0.3, -0.25) is 14.1 Å². The standard InChI is InChI=1S/C17H23N3OS/c1-3-22-15-8-7-14(11-15)19(2)12-13-10-17(21)20-9-5-4-6-16(20)18-13/h4-6,9-10,14-15H,3,7-8,11-12H2,1-2H3/t14-,15-/m0/s1. The first-order valence-electron chi connectivity index (χ1n) is 7.96. The molecule has 2 aromatic rings. The van der Waals surface area contributed by atoms with Gasteiger partial charge in [0.05, 0.1) is 5.69 Å². The average Bonchev–Trinajstić information content (AvgIpc) is 2.96. The second-order valence-electron chi connectivity index (χ2n) is 5.97. The predicted octanol–water partition coefficient (Wildman–Crippen LogP) is 2.80. The molecule has 2 heterocycles. The number of rotatable bonds is 5. The zero-order chi connectivity index (χ0) is 15.5. The normalized spacial score (nSPS) is 21.8. The monoisotopic (exact) mass is 317 g/mol. The van der Waals surface area contributed by atoms with Crippen molar-refractivity contribution in [1.82, 2.24) is 14.3 Å². The number of aromatic nitrogens is 2. The fourth-order valence-electron chi connectivity index (χ4n) is 3.27. The molecule has 0 aromatic carbocycles. The molecule has 118 valence electrons. The van der Waals surface area contributed by atoms with Crippen LogP contribution in [-0.4, -0.2) is 38.4 Å². The molecule has 0 bridgehead atoms. The maximum atomic E-state index is 12.1. The second kappa shape index (κ2) is 6.84. The lowest BCUT2D eigenvalue weighted by Crippen LogP contribution is -2.30. The maximum absolute atomic E-state index is 12.1. The van der Waals surface area contributed by atoms with Crippen LogP contribution < -0.4 is 5.56 Å². The highest BCUT2D eigenvalue weighted by Gasteiger charge is 2.27. The van der Waals surface area contributed by atoms with Crippen LogP contribution in [0.3, 0.4) is 0 Å². The molecule has 1 fully saturated rings. The van der Waals surface area contributed by atoms with Crippen molar-refractivity contribution in [3.63, 3.8) is 0 Å². The van der Waals surface area contributed by atoms with Gasteiger partial charge in [-0.1, -0.05) is 13.0 Å². The number of nitrogens with zero attached hydrogens (tertiary/aromatic N) is 3. The molecule has 4 nitrogen and oxygen atoms in total. The average molecular weight is 317 g/mol. The van der Waals surface area contributed by atoms with E-state index in [1.165, 1.54) is 25.0 Å². The summed E-state index contributed by atoms with van der Waals surface area (Å²) in [6.45, 7) is 2.98. The van der Waals surface area contributed by atoms with E-state index in [0.29, 0.717) is 6.04 Å². The van der Waals surface area contributed by atoms with Crippen molar-refractivity contribution >= 4 is 17.4 Å². The Hall–Kier alpha value is -1.33. The molecular weight excluding hydrogens is 294 g/mol. The third-order valence-corrected chi connectivity index (χ3v) is 5.65. The summed E-state index contributed by atoms with van der Waals surface area (Å²) in [7, 11) is 2.15. The third-order valence-electron chi connectivity index (χ3n) is 4.42. The Labute approximate surface area is 135 Å². The minimum Gasteiger partial charge on any atom is -0.298 e. The largest absolute Gasteiger partial charge is 0.298 e. The van der Waals surface area contributed by atoms with E-state index in [0.717, 1.165) is 23.1 Å². The number of hydrogen-bond acceptors (Lipinski definition) is 4. The van der Waals surface area contributed by atoms with E-state index in [9.17, 15) is 4.79 Å². The van der Waals surface area contributed by atoms with E-state index in [1.54, 1.807) is 16.7 Å². The summed E-state index contributed by atoms with van der Waals surface area (Å²) >= 11 is 2.08. The second-order valence-corrected chi connectivity index (χ2v) is 7.55. The molecule has 0 amide bonds. The zero-order valence-electron chi connectivity index (χ0n) is 13.2. The van der Waals surface area contributed by atoms with Gasteiger partial charge in [0.1, 0.15) is 5.65 Å². The van der Waals surface area contributed by atoms with E-state index < -0.39 is 0 Å². The van der Waals surface area contributed by atoms with Crippen LogP contribution in [0.4, 0.5) is 0 Å². The van der Waals surface area contributed by atoms with E-state index >= 15 is 0 Å². The Morgan fingerprint density at radius 3 is 3.09 bits per heavy atom. The van der Waals surface area contributed by atoms with Gasteiger partial charge in [0.15, 0.2) is 0 Å². The van der Waals surface area contributed by atoms with Crippen molar-refractivity contribution < 1.29 is 0 Å². The van der Waals surface area contributed by atoms with Crippen molar-refractivity contribution in [2.24, 2.45) is 0 Å². The van der Waals surface area contributed by atoms with Crippen LogP contribution in [0.15, 0.2) is 35.3 Å². The van der Waals surface area contributed by atoms with Crippen LogP contribution in [0.5, 0.6) is 0 Å². The van der Waals surface area contributed by atoms with Gasteiger partial charge >= 0.3 is 0 Å². The molecule has 0 unspecified atom stereocenters. The first-order valence-corrected chi connectivity index (χ1v) is 9.01. The molecule has 1 saturated carbocycles. The van der Waals surface area contributed by atoms with Gasteiger partial charge in [-0.2, -0.15) is 11.8 Å². The minimum absolute atomic E-state index is 0.000151. The molecule has 1 aliphatic carbocycles. The smallest absolute Gasteiger partial charge is 0.258 e. The summed E-state index contributed by atoms with van der Waals surface area (Å²) in [6.07, 6.45) is 5.57. The number of fused-ring (bicyclic) bond motifs is 1. The molecule has 1 aliphatic rings. The molecule has 0 saturated heterocycles. The molecule has 0 aliphatic heterocycles. The number of pyridine rings is 1. The molecular formula is C17H23N3OS. The van der Waals surface area contributed by atoms with Crippen LogP contribution in [0.25, 0.3) is 5.65 Å². The van der Waals surface area contributed by atoms with E-state index in [-0.39, 0.29) is 5.56 Å². The summed E-state index contributed by atoms with van der Waals surface area (Å²) in [5, 5.41) is 0.799. The van der Waals surface area contributed by atoms with Crippen LogP contribution in [0.1, 0.15) is 31.9 Å². The number of hydrogen-bond donors (Lipinski definition) is 0. The molecule has 2 aromatic heterocycles.